The van der Waals surface area contributed by atoms with E-state index in [0.717, 1.165) is 5.56 Å². The number of ether oxygens (including phenoxy) is 1. The summed E-state index contributed by atoms with van der Waals surface area (Å²) in [4.78, 5) is 11.5. The first-order valence-corrected chi connectivity index (χ1v) is 5.80. The van der Waals surface area contributed by atoms with E-state index in [4.69, 9.17) is 4.74 Å². The zero-order valence-electron chi connectivity index (χ0n) is 10.9. The number of amides is 1. The van der Waals surface area contributed by atoms with Gasteiger partial charge in [0.15, 0.2) is 0 Å². The monoisotopic (exact) mass is 254 g/mol. The van der Waals surface area contributed by atoms with Gasteiger partial charge in [0.1, 0.15) is 5.82 Å². The van der Waals surface area contributed by atoms with Gasteiger partial charge in [-0.2, -0.15) is 0 Å². The number of anilines is 1. The highest BCUT2D eigenvalue weighted by molar-refractivity contribution is 5.80. The zero-order chi connectivity index (χ0) is 13.5. The summed E-state index contributed by atoms with van der Waals surface area (Å²) in [5, 5.41) is 5.64. The highest BCUT2D eigenvalue weighted by Crippen LogP contribution is 2.12. The number of carbonyl (C=O) groups is 1. The Morgan fingerprint density at radius 2 is 2.17 bits per heavy atom. The van der Waals surface area contributed by atoms with Crippen molar-refractivity contribution in [2.75, 3.05) is 25.6 Å². The molecule has 0 heterocycles. The van der Waals surface area contributed by atoms with E-state index >= 15 is 0 Å². The Morgan fingerprint density at radius 3 is 2.78 bits per heavy atom. The molecular formula is C13H19FN2O2. The van der Waals surface area contributed by atoms with E-state index in [2.05, 4.69) is 10.6 Å². The Balaban J connectivity index is 2.42. The minimum absolute atomic E-state index is 0.0430. The minimum atomic E-state index is -0.314. The summed E-state index contributed by atoms with van der Waals surface area (Å²) < 4.78 is 18.0. The van der Waals surface area contributed by atoms with Gasteiger partial charge in [-0.25, -0.2) is 4.39 Å². The molecule has 1 amide bonds. The summed E-state index contributed by atoms with van der Waals surface area (Å²) in [5.74, 6) is -0.466. The number of hydrogen-bond donors (Lipinski definition) is 2. The maximum atomic E-state index is 13.1. The molecule has 1 atom stereocenters. The van der Waals surface area contributed by atoms with Crippen molar-refractivity contribution in [1.82, 2.24) is 5.32 Å². The molecule has 0 fully saturated rings. The van der Waals surface area contributed by atoms with Crippen molar-refractivity contribution in [3.05, 3.63) is 29.6 Å². The molecule has 0 aliphatic rings. The van der Waals surface area contributed by atoms with Crippen LogP contribution in [0.1, 0.15) is 12.5 Å². The molecule has 0 aliphatic heterocycles. The summed E-state index contributed by atoms with van der Waals surface area (Å²) in [6.45, 7) is 4.23. The van der Waals surface area contributed by atoms with Gasteiger partial charge in [0.25, 0.3) is 0 Å². The number of methoxy groups -OCH3 is 1. The fraction of sp³-hybridized carbons (Fsp3) is 0.462. The van der Waals surface area contributed by atoms with Gasteiger partial charge in [0, 0.05) is 18.8 Å². The van der Waals surface area contributed by atoms with Crippen LogP contribution in [0.25, 0.3) is 0 Å². The van der Waals surface area contributed by atoms with E-state index in [0.29, 0.717) is 12.3 Å². The normalized spacial score (nSPS) is 12.0. The number of benzene rings is 1. The van der Waals surface area contributed by atoms with Gasteiger partial charge in [-0.3, -0.25) is 4.79 Å². The predicted molar refractivity (Wildman–Crippen MR) is 69.1 cm³/mol. The lowest BCUT2D eigenvalue weighted by molar-refractivity contribution is -0.120. The van der Waals surface area contributed by atoms with Crippen molar-refractivity contribution in [3.63, 3.8) is 0 Å². The smallest absolute Gasteiger partial charge is 0.239 e. The van der Waals surface area contributed by atoms with E-state index in [1.54, 1.807) is 20.1 Å². The summed E-state index contributed by atoms with van der Waals surface area (Å²) in [6.07, 6.45) is 0. The van der Waals surface area contributed by atoms with Crippen LogP contribution in [0.15, 0.2) is 18.2 Å². The molecular weight excluding hydrogens is 235 g/mol. The van der Waals surface area contributed by atoms with Crippen LogP contribution in [0.3, 0.4) is 0 Å². The van der Waals surface area contributed by atoms with Crippen molar-refractivity contribution < 1.29 is 13.9 Å². The lowest BCUT2D eigenvalue weighted by Crippen LogP contribution is -2.39. The standard InChI is InChI=1S/C13H19FN2O2/c1-9-4-11(14)6-12(5-9)15-7-13(17)16-10(2)8-18-3/h4-6,10,15H,7-8H2,1-3H3,(H,16,17). The summed E-state index contributed by atoms with van der Waals surface area (Å²) in [7, 11) is 1.58. The molecule has 100 valence electrons. The molecule has 4 nitrogen and oxygen atoms in total. The van der Waals surface area contributed by atoms with Crippen molar-refractivity contribution in [3.8, 4) is 0 Å². The average molecular weight is 254 g/mol. The molecule has 1 rings (SSSR count). The van der Waals surface area contributed by atoms with Crippen molar-refractivity contribution in [1.29, 1.82) is 0 Å². The number of halogens is 1. The van der Waals surface area contributed by atoms with Crippen LogP contribution in [0.5, 0.6) is 0 Å². The molecule has 2 N–H and O–H groups in total. The number of hydrogen-bond acceptors (Lipinski definition) is 3. The molecule has 1 aromatic rings. The van der Waals surface area contributed by atoms with Gasteiger partial charge in [-0.15, -0.1) is 0 Å². The van der Waals surface area contributed by atoms with Crippen LogP contribution in [0.2, 0.25) is 0 Å². The van der Waals surface area contributed by atoms with E-state index in [1.807, 2.05) is 6.92 Å². The Bertz CT molecular complexity index is 390. The molecule has 0 saturated carbocycles. The molecule has 1 unspecified atom stereocenters. The van der Waals surface area contributed by atoms with Gasteiger partial charge in [-0.1, -0.05) is 0 Å². The van der Waals surface area contributed by atoms with Crippen LogP contribution >= 0.6 is 0 Å². The number of rotatable bonds is 6. The van der Waals surface area contributed by atoms with Crippen LogP contribution in [0, 0.1) is 12.7 Å². The maximum Gasteiger partial charge on any atom is 0.239 e. The first kappa shape index (κ1) is 14.4. The van der Waals surface area contributed by atoms with Crippen LogP contribution in [-0.4, -0.2) is 32.2 Å². The summed E-state index contributed by atoms with van der Waals surface area (Å²) in [6, 6.07) is 4.54. The van der Waals surface area contributed by atoms with Crippen LogP contribution < -0.4 is 10.6 Å². The summed E-state index contributed by atoms with van der Waals surface area (Å²) >= 11 is 0. The van der Waals surface area contributed by atoms with Crippen molar-refractivity contribution in [2.45, 2.75) is 19.9 Å². The van der Waals surface area contributed by atoms with Crippen molar-refractivity contribution in [2.24, 2.45) is 0 Å². The van der Waals surface area contributed by atoms with Gasteiger partial charge in [0.05, 0.1) is 13.2 Å². The number of aryl methyl sites for hydroxylation is 1. The fourth-order valence-electron chi connectivity index (χ4n) is 1.64. The van der Waals surface area contributed by atoms with Crippen molar-refractivity contribution >= 4 is 11.6 Å². The van der Waals surface area contributed by atoms with Gasteiger partial charge in [-0.05, 0) is 37.6 Å². The maximum absolute atomic E-state index is 13.1. The molecule has 0 bridgehead atoms. The third kappa shape index (κ3) is 5.14. The first-order valence-electron chi connectivity index (χ1n) is 5.80. The Hall–Kier alpha value is -1.62. The van der Waals surface area contributed by atoms with Crippen LogP contribution in [-0.2, 0) is 9.53 Å². The number of carbonyl (C=O) groups excluding carboxylic acids is 1. The Labute approximate surface area is 107 Å². The lowest BCUT2D eigenvalue weighted by Gasteiger charge is -2.13. The molecule has 5 heteroatoms. The topological polar surface area (TPSA) is 50.4 Å². The summed E-state index contributed by atoms with van der Waals surface area (Å²) in [5.41, 5.74) is 1.41. The van der Waals surface area contributed by atoms with E-state index in [9.17, 15) is 9.18 Å². The molecule has 0 aromatic heterocycles. The molecule has 0 saturated heterocycles. The van der Waals surface area contributed by atoms with Gasteiger partial charge >= 0.3 is 0 Å². The average Bonchev–Trinajstić information content (AvgIpc) is 2.25. The SMILES string of the molecule is COCC(C)NC(=O)CNc1cc(C)cc(F)c1. The third-order valence-corrected chi connectivity index (χ3v) is 2.32. The van der Waals surface area contributed by atoms with Gasteiger partial charge < -0.3 is 15.4 Å². The Kier molecular flexibility index (Phi) is 5.58. The lowest BCUT2D eigenvalue weighted by atomic mass is 10.2. The minimum Gasteiger partial charge on any atom is -0.383 e. The first-order chi connectivity index (χ1) is 8.51. The zero-order valence-corrected chi connectivity index (χ0v) is 10.9. The highest BCUT2D eigenvalue weighted by Gasteiger charge is 2.07. The van der Waals surface area contributed by atoms with Crippen LogP contribution in [0.4, 0.5) is 10.1 Å². The second-order valence-corrected chi connectivity index (χ2v) is 4.29. The van der Waals surface area contributed by atoms with Gasteiger partial charge in [0.2, 0.25) is 5.91 Å². The number of nitrogens with one attached hydrogen (secondary N) is 2. The Morgan fingerprint density at radius 1 is 1.44 bits per heavy atom. The highest BCUT2D eigenvalue weighted by atomic mass is 19.1. The predicted octanol–water partition coefficient (Wildman–Crippen LogP) is 1.70. The molecule has 1 aromatic carbocycles. The quantitative estimate of drug-likeness (QED) is 0.812. The molecule has 0 radical (unpaired) electrons. The molecule has 0 spiro atoms. The fourth-order valence-corrected chi connectivity index (χ4v) is 1.64. The van der Waals surface area contributed by atoms with E-state index < -0.39 is 0 Å². The van der Waals surface area contributed by atoms with E-state index in [-0.39, 0.29) is 24.3 Å². The largest absolute Gasteiger partial charge is 0.383 e. The third-order valence-electron chi connectivity index (χ3n) is 2.32. The van der Waals surface area contributed by atoms with E-state index in [1.165, 1.54) is 12.1 Å². The molecule has 18 heavy (non-hydrogen) atoms. The second kappa shape index (κ2) is 6.96. The molecule has 0 aliphatic carbocycles. The second-order valence-electron chi connectivity index (χ2n) is 4.29.